The Labute approximate surface area is 119 Å². The van der Waals surface area contributed by atoms with E-state index in [-0.39, 0.29) is 11.8 Å². The first-order valence-corrected chi connectivity index (χ1v) is 7.77. The smallest absolute Gasteiger partial charge is 0.224 e. The SMILES string of the molecule is CC(CN)C(=O)NCC(C)N1CCc2sccc2C1. The molecule has 2 atom stereocenters. The number of carbonyl (C=O) groups excluding carboxylic acids is 1. The van der Waals surface area contributed by atoms with E-state index in [1.165, 1.54) is 10.4 Å². The van der Waals surface area contributed by atoms with Crippen LogP contribution in [0.5, 0.6) is 0 Å². The number of amides is 1. The van der Waals surface area contributed by atoms with E-state index in [9.17, 15) is 4.79 Å². The van der Waals surface area contributed by atoms with Gasteiger partial charge in [-0.1, -0.05) is 6.92 Å². The molecular weight excluding hydrogens is 258 g/mol. The zero-order valence-corrected chi connectivity index (χ0v) is 12.5. The van der Waals surface area contributed by atoms with Crippen LogP contribution in [0.25, 0.3) is 0 Å². The Hall–Kier alpha value is -0.910. The maximum Gasteiger partial charge on any atom is 0.224 e. The maximum absolute atomic E-state index is 11.7. The molecule has 0 saturated heterocycles. The molecule has 0 aromatic carbocycles. The maximum atomic E-state index is 11.7. The van der Waals surface area contributed by atoms with Crippen molar-refractivity contribution in [3.05, 3.63) is 21.9 Å². The van der Waals surface area contributed by atoms with Crippen molar-refractivity contribution in [2.75, 3.05) is 19.6 Å². The van der Waals surface area contributed by atoms with Crippen LogP contribution >= 0.6 is 11.3 Å². The van der Waals surface area contributed by atoms with Gasteiger partial charge in [0.1, 0.15) is 0 Å². The molecule has 19 heavy (non-hydrogen) atoms. The molecule has 2 rings (SSSR count). The second-order valence-electron chi connectivity index (χ2n) is 5.32. The highest BCUT2D eigenvalue weighted by Gasteiger charge is 2.22. The summed E-state index contributed by atoms with van der Waals surface area (Å²) in [5.74, 6) is -0.0420. The van der Waals surface area contributed by atoms with E-state index in [0.717, 1.165) is 19.5 Å². The summed E-state index contributed by atoms with van der Waals surface area (Å²) in [5, 5.41) is 5.16. The van der Waals surface area contributed by atoms with Crippen molar-refractivity contribution in [2.45, 2.75) is 32.9 Å². The molecule has 4 nitrogen and oxygen atoms in total. The third-order valence-electron chi connectivity index (χ3n) is 3.83. The summed E-state index contributed by atoms with van der Waals surface area (Å²) in [6.45, 7) is 7.22. The molecule has 0 saturated carbocycles. The van der Waals surface area contributed by atoms with Crippen LogP contribution in [-0.4, -0.2) is 36.5 Å². The standard InChI is InChI=1S/C14H23N3OS/c1-10(7-15)14(18)16-8-11(2)17-5-3-13-12(9-17)4-6-19-13/h4,6,10-11H,3,5,7-9,15H2,1-2H3,(H,16,18). The van der Waals surface area contributed by atoms with Crippen molar-refractivity contribution < 1.29 is 4.79 Å². The number of carbonyl (C=O) groups is 1. The van der Waals surface area contributed by atoms with Crippen molar-refractivity contribution in [1.29, 1.82) is 0 Å². The summed E-state index contributed by atoms with van der Waals surface area (Å²) < 4.78 is 0. The molecule has 0 fully saturated rings. The predicted octanol–water partition coefficient (Wildman–Crippen LogP) is 1.21. The first-order chi connectivity index (χ1) is 9.11. The number of rotatable bonds is 5. The average Bonchev–Trinajstić information content (AvgIpc) is 2.90. The van der Waals surface area contributed by atoms with Crippen LogP contribution in [0.3, 0.4) is 0 Å². The minimum absolute atomic E-state index is 0.0579. The highest BCUT2D eigenvalue weighted by molar-refractivity contribution is 7.10. The fourth-order valence-electron chi connectivity index (χ4n) is 2.31. The normalized spacial score (nSPS) is 18.7. The van der Waals surface area contributed by atoms with Crippen LogP contribution in [0.2, 0.25) is 0 Å². The third-order valence-corrected chi connectivity index (χ3v) is 4.86. The molecular formula is C14H23N3OS. The summed E-state index contributed by atoms with van der Waals surface area (Å²) in [7, 11) is 0. The Morgan fingerprint density at radius 2 is 2.37 bits per heavy atom. The van der Waals surface area contributed by atoms with Crippen molar-refractivity contribution >= 4 is 17.2 Å². The van der Waals surface area contributed by atoms with Gasteiger partial charge < -0.3 is 11.1 Å². The molecule has 5 heteroatoms. The Bertz CT molecular complexity index is 432. The number of nitrogens with zero attached hydrogens (tertiary/aromatic N) is 1. The van der Waals surface area contributed by atoms with Gasteiger partial charge in [0, 0.05) is 43.0 Å². The lowest BCUT2D eigenvalue weighted by Gasteiger charge is -2.32. The zero-order valence-electron chi connectivity index (χ0n) is 11.7. The van der Waals surface area contributed by atoms with Gasteiger partial charge in [-0.25, -0.2) is 0 Å². The van der Waals surface area contributed by atoms with Gasteiger partial charge in [0.15, 0.2) is 0 Å². The Balaban J connectivity index is 1.81. The molecule has 0 radical (unpaired) electrons. The van der Waals surface area contributed by atoms with Crippen molar-refractivity contribution in [3.63, 3.8) is 0 Å². The molecule has 1 aliphatic rings. The van der Waals surface area contributed by atoms with E-state index >= 15 is 0 Å². The Morgan fingerprint density at radius 3 is 3.11 bits per heavy atom. The van der Waals surface area contributed by atoms with Gasteiger partial charge in [-0.3, -0.25) is 9.69 Å². The molecule has 0 bridgehead atoms. The summed E-state index contributed by atoms with van der Waals surface area (Å²) in [4.78, 5) is 15.7. The van der Waals surface area contributed by atoms with Crippen molar-refractivity contribution in [3.8, 4) is 0 Å². The largest absolute Gasteiger partial charge is 0.354 e. The van der Waals surface area contributed by atoms with Gasteiger partial charge in [-0.2, -0.15) is 0 Å². The Morgan fingerprint density at radius 1 is 1.58 bits per heavy atom. The number of nitrogens with one attached hydrogen (secondary N) is 1. The van der Waals surface area contributed by atoms with Crippen molar-refractivity contribution in [2.24, 2.45) is 11.7 Å². The van der Waals surface area contributed by atoms with E-state index in [0.29, 0.717) is 19.1 Å². The number of hydrogen-bond acceptors (Lipinski definition) is 4. The molecule has 3 N–H and O–H groups in total. The molecule has 1 aromatic heterocycles. The summed E-state index contributed by atoms with van der Waals surface area (Å²) in [6, 6.07) is 2.58. The minimum atomic E-state index is -0.1000. The van der Waals surface area contributed by atoms with Crippen molar-refractivity contribution in [1.82, 2.24) is 10.2 Å². The molecule has 0 spiro atoms. The van der Waals surface area contributed by atoms with E-state index in [4.69, 9.17) is 5.73 Å². The topological polar surface area (TPSA) is 58.4 Å². The minimum Gasteiger partial charge on any atom is -0.354 e. The van der Waals surface area contributed by atoms with Gasteiger partial charge in [-0.05, 0) is 30.4 Å². The lowest BCUT2D eigenvalue weighted by atomic mass is 10.1. The van der Waals surface area contributed by atoms with Gasteiger partial charge in [0.05, 0.1) is 0 Å². The van der Waals surface area contributed by atoms with Crippen LogP contribution < -0.4 is 11.1 Å². The monoisotopic (exact) mass is 281 g/mol. The molecule has 1 aliphatic heterocycles. The van der Waals surface area contributed by atoms with Crippen LogP contribution in [0.1, 0.15) is 24.3 Å². The lowest BCUT2D eigenvalue weighted by Crippen LogP contribution is -2.45. The highest BCUT2D eigenvalue weighted by Crippen LogP contribution is 2.24. The fraction of sp³-hybridized carbons (Fsp3) is 0.643. The van der Waals surface area contributed by atoms with Gasteiger partial charge in [0.25, 0.3) is 0 Å². The number of nitrogens with two attached hydrogens (primary N) is 1. The summed E-state index contributed by atoms with van der Waals surface area (Å²) in [5.41, 5.74) is 6.94. The molecule has 2 heterocycles. The second-order valence-corrected chi connectivity index (χ2v) is 6.32. The van der Waals surface area contributed by atoms with E-state index in [1.807, 2.05) is 18.3 Å². The molecule has 1 aromatic rings. The van der Waals surface area contributed by atoms with Gasteiger partial charge in [-0.15, -0.1) is 11.3 Å². The number of fused-ring (bicyclic) bond motifs is 1. The third kappa shape index (κ3) is 3.55. The fourth-order valence-corrected chi connectivity index (χ4v) is 3.19. The molecule has 2 unspecified atom stereocenters. The molecule has 106 valence electrons. The quantitative estimate of drug-likeness (QED) is 0.853. The highest BCUT2D eigenvalue weighted by atomic mass is 32.1. The van der Waals surface area contributed by atoms with E-state index in [1.54, 1.807) is 0 Å². The van der Waals surface area contributed by atoms with E-state index in [2.05, 4.69) is 28.6 Å². The van der Waals surface area contributed by atoms with Gasteiger partial charge >= 0.3 is 0 Å². The zero-order chi connectivity index (χ0) is 13.8. The summed E-state index contributed by atoms with van der Waals surface area (Å²) in [6.07, 6.45) is 1.13. The lowest BCUT2D eigenvalue weighted by molar-refractivity contribution is -0.124. The van der Waals surface area contributed by atoms with E-state index < -0.39 is 0 Å². The predicted molar refractivity (Wildman–Crippen MR) is 79.1 cm³/mol. The molecule has 1 amide bonds. The van der Waals surface area contributed by atoms with Crippen LogP contribution in [0.15, 0.2) is 11.4 Å². The average molecular weight is 281 g/mol. The first-order valence-electron chi connectivity index (χ1n) is 6.89. The van der Waals surface area contributed by atoms with Crippen LogP contribution in [-0.2, 0) is 17.8 Å². The van der Waals surface area contributed by atoms with Crippen LogP contribution in [0, 0.1) is 5.92 Å². The number of hydrogen-bond donors (Lipinski definition) is 2. The molecule has 0 aliphatic carbocycles. The Kier molecular flexibility index (Phi) is 4.96. The number of thiophene rings is 1. The van der Waals surface area contributed by atoms with Gasteiger partial charge in [0.2, 0.25) is 5.91 Å². The van der Waals surface area contributed by atoms with Crippen LogP contribution in [0.4, 0.5) is 0 Å². The second kappa shape index (κ2) is 6.50. The first kappa shape index (κ1) is 14.5. The summed E-state index contributed by atoms with van der Waals surface area (Å²) >= 11 is 1.85.